The van der Waals surface area contributed by atoms with Crippen LogP contribution in [0.2, 0.25) is 0 Å². The van der Waals surface area contributed by atoms with Crippen molar-refractivity contribution in [3.63, 3.8) is 0 Å². The number of carbonyl (C=O) groups is 2. The zero-order valence-electron chi connectivity index (χ0n) is 10.2. The number of nitrogens with zero attached hydrogens (tertiary/aromatic N) is 2. The first-order valence-corrected chi connectivity index (χ1v) is 6.98. The number of carbonyl (C=O) groups excluding carboxylic acids is 1. The van der Waals surface area contributed by atoms with Crippen LogP contribution in [0.1, 0.15) is 16.8 Å². The molecule has 102 valence electrons. The maximum absolute atomic E-state index is 12.3. The van der Waals surface area contributed by atoms with Gasteiger partial charge in [-0.15, -0.1) is 0 Å². The summed E-state index contributed by atoms with van der Waals surface area (Å²) in [5.41, 5.74) is 0.164. The van der Waals surface area contributed by atoms with Crippen molar-refractivity contribution in [1.82, 2.24) is 9.88 Å². The first-order valence-electron chi connectivity index (χ1n) is 5.83. The normalized spacial score (nSPS) is 19.2. The number of hydrogen-bond acceptors (Lipinski definition) is 5. The van der Waals surface area contributed by atoms with Crippen LogP contribution in [0.15, 0.2) is 18.5 Å². The molecule has 1 atom stereocenters. The van der Waals surface area contributed by atoms with Crippen LogP contribution in [-0.2, 0) is 4.79 Å². The fraction of sp³-hybridized carbons (Fsp3) is 0.417. The summed E-state index contributed by atoms with van der Waals surface area (Å²) in [5, 5.41) is 18.5. The lowest BCUT2D eigenvalue weighted by Crippen LogP contribution is -2.47. The zero-order valence-corrected chi connectivity index (χ0v) is 11.0. The smallest absolute Gasteiger partial charge is 0.305 e. The fourth-order valence-corrected chi connectivity index (χ4v) is 3.08. The van der Waals surface area contributed by atoms with Crippen molar-refractivity contribution in [2.24, 2.45) is 0 Å². The summed E-state index contributed by atoms with van der Waals surface area (Å²) >= 11 is 1.63. The van der Waals surface area contributed by atoms with Crippen molar-refractivity contribution in [3.05, 3.63) is 24.0 Å². The van der Waals surface area contributed by atoms with Crippen LogP contribution in [0.4, 0.5) is 0 Å². The largest absolute Gasteiger partial charge is 0.505 e. The van der Waals surface area contributed by atoms with E-state index in [4.69, 9.17) is 5.11 Å². The molecule has 1 aromatic heterocycles. The summed E-state index contributed by atoms with van der Waals surface area (Å²) in [4.78, 5) is 28.4. The highest BCUT2D eigenvalue weighted by molar-refractivity contribution is 7.99. The monoisotopic (exact) mass is 282 g/mol. The predicted octanol–water partition coefficient (Wildman–Crippen LogP) is 0.820. The number of hydrogen-bond donors (Lipinski definition) is 2. The molecule has 2 N–H and O–H groups in total. The number of aliphatic carboxylic acids is 1. The van der Waals surface area contributed by atoms with Gasteiger partial charge in [0.25, 0.3) is 5.91 Å². The van der Waals surface area contributed by atoms with Gasteiger partial charge in [0.15, 0.2) is 0 Å². The van der Waals surface area contributed by atoms with Gasteiger partial charge in [-0.05, 0) is 6.07 Å². The molecule has 2 rings (SSSR count). The molecule has 0 spiro atoms. The second kappa shape index (κ2) is 5.92. The Labute approximate surface area is 114 Å². The van der Waals surface area contributed by atoms with Gasteiger partial charge in [-0.2, -0.15) is 11.8 Å². The average molecular weight is 282 g/mol. The molecule has 1 aliphatic rings. The van der Waals surface area contributed by atoms with E-state index in [9.17, 15) is 14.7 Å². The topological polar surface area (TPSA) is 90.7 Å². The molecule has 1 aromatic rings. The van der Waals surface area contributed by atoms with Crippen molar-refractivity contribution in [1.29, 1.82) is 0 Å². The van der Waals surface area contributed by atoms with Crippen LogP contribution in [0.5, 0.6) is 5.75 Å². The summed E-state index contributed by atoms with van der Waals surface area (Å²) in [6, 6.07) is 1.10. The Hall–Kier alpha value is -1.76. The van der Waals surface area contributed by atoms with Gasteiger partial charge in [-0.3, -0.25) is 14.6 Å². The van der Waals surface area contributed by atoms with E-state index in [1.807, 2.05) is 0 Å². The van der Waals surface area contributed by atoms with Crippen molar-refractivity contribution in [3.8, 4) is 5.75 Å². The molecule has 0 aliphatic carbocycles. The highest BCUT2D eigenvalue weighted by Gasteiger charge is 2.30. The van der Waals surface area contributed by atoms with Gasteiger partial charge in [0, 0.05) is 24.2 Å². The molecule has 1 fully saturated rings. The SMILES string of the molecule is O=C(O)CC1CSCCN1C(=O)c1ccncc1O. The van der Waals surface area contributed by atoms with Gasteiger partial charge >= 0.3 is 5.97 Å². The third-order valence-electron chi connectivity index (χ3n) is 2.93. The van der Waals surface area contributed by atoms with Crippen LogP contribution >= 0.6 is 11.8 Å². The van der Waals surface area contributed by atoms with E-state index >= 15 is 0 Å². The fourth-order valence-electron chi connectivity index (χ4n) is 2.01. The summed E-state index contributed by atoms with van der Waals surface area (Å²) in [6.45, 7) is 0.489. The minimum Gasteiger partial charge on any atom is -0.505 e. The van der Waals surface area contributed by atoms with Gasteiger partial charge in [-0.25, -0.2) is 0 Å². The lowest BCUT2D eigenvalue weighted by molar-refractivity contribution is -0.138. The Kier molecular flexibility index (Phi) is 4.26. The summed E-state index contributed by atoms with van der Waals surface area (Å²) < 4.78 is 0. The Bertz CT molecular complexity index is 494. The molecular weight excluding hydrogens is 268 g/mol. The Morgan fingerprint density at radius 3 is 3.00 bits per heavy atom. The van der Waals surface area contributed by atoms with E-state index in [2.05, 4.69) is 4.98 Å². The van der Waals surface area contributed by atoms with Gasteiger partial charge < -0.3 is 15.1 Å². The van der Waals surface area contributed by atoms with Gasteiger partial charge in [0.1, 0.15) is 5.75 Å². The molecular formula is C12H14N2O4S. The first kappa shape index (κ1) is 13.7. The van der Waals surface area contributed by atoms with Crippen molar-refractivity contribution >= 4 is 23.6 Å². The van der Waals surface area contributed by atoms with Crippen molar-refractivity contribution in [2.75, 3.05) is 18.1 Å². The number of aromatic hydroxyl groups is 1. The van der Waals surface area contributed by atoms with Crippen LogP contribution in [0, 0.1) is 0 Å². The highest BCUT2D eigenvalue weighted by atomic mass is 32.2. The summed E-state index contributed by atoms with van der Waals surface area (Å²) in [5.74, 6) is -0.0760. The van der Waals surface area contributed by atoms with Gasteiger partial charge in [0.05, 0.1) is 24.2 Å². The average Bonchev–Trinajstić information content (AvgIpc) is 2.38. The van der Waals surface area contributed by atoms with E-state index in [1.54, 1.807) is 11.8 Å². The number of thioether (sulfide) groups is 1. The second-order valence-electron chi connectivity index (χ2n) is 4.22. The first-order chi connectivity index (χ1) is 9.09. The highest BCUT2D eigenvalue weighted by Crippen LogP contribution is 2.24. The molecule has 1 amide bonds. The molecule has 6 nitrogen and oxygen atoms in total. The Balaban J connectivity index is 2.20. The predicted molar refractivity (Wildman–Crippen MR) is 70.3 cm³/mol. The molecule has 1 aliphatic heterocycles. The molecule has 0 aromatic carbocycles. The number of aromatic nitrogens is 1. The van der Waals surface area contributed by atoms with Crippen molar-refractivity contribution in [2.45, 2.75) is 12.5 Å². The van der Waals surface area contributed by atoms with Gasteiger partial charge in [-0.1, -0.05) is 0 Å². The number of carboxylic acids is 1. The van der Waals surface area contributed by atoms with Crippen LogP contribution in [0.3, 0.4) is 0 Å². The van der Waals surface area contributed by atoms with E-state index in [1.165, 1.54) is 23.4 Å². The molecule has 0 radical (unpaired) electrons. The van der Waals surface area contributed by atoms with E-state index in [-0.39, 0.29) is 29.7 Å². The molecule has 7 heteroatoms. The summed E-state index contributed by atoms with van der Waals surface area (Å²) in [6.07, 6.45) is 2.56. The van der Waals surface area contributed by atoms with Crippen LogP contribution in [-0.4, -0.2) is 56.1 Å². The maximum atomic E-state index is 12.3. The Morgan fingerprint density at radius 1 is 1.53 bits per heavy atom. The number of amides is 1. The lowest BCUT2D eigenvalue weighted by Gasteiger charge is -2.34. The van der Waals surface area contributed by atoms with Crippen LogP contribution < -0.4 is 0 Å². The minimum absolute atomic E-state index is 0.0788. The standard InChI is InChI=1S/C12H14N2O4S/c15-10-6-13-2-1-9(10)12(18)14-3-4-19-7-8(14)5-11(16)17/h1-2,6,8,15H,3-5,7H2,(H,16,17). The molecule has 0 bridgehead atoms. The zero-order chi connectivity index (χ0) is 13.8. The maximum Gasteiger partial charge on any atom is 0.305 e. The second-order valence-corrected chi connectivity index (χ2v) is 5.37. The number of pyridine rings is 1. The van der Waals surface area contributed by atoms with E-state index in [0.29, 0.717) is 12.3 Å². The molecule has 1 unspecified atom stereocenters. The quantitative estimate of drug-likeness (QED) is 0.853. The molecule has 2 heterocycles. The third kappa shape index (κ3) is 3.17. The van der Waals surface area contributed by atoms with Crippen molar-refractivity contribution < 1.29 is 19.8 Å². The van der Waals surface area contributed by atoms with Gasteiger partial charge in [0.2, 0.25) is 0 Å². The summed E-state index contributed by atoms with van der Waals surface area (Å²) in [7, 11) is 0. The lowest BCUT2D eigenvalue weighted by atomic mass is 10.1. The molecule has 0 saturated carbocycles. The van der Waals surface area contributed by atoms with E-state index < -0.39 is 5.97 Å². The number of rotatable bonds is 3. The number of carboxylic acid groups (broad SMARTS) is 1. The molecule has 19 heavy (non-hydrogen) atoms. The third-order valence-corrected chi connectivity index (χ3v) is 4.02. The van der Waals surface area contributed by atoms with Crippen LogP contribution in [0.25, 0.3) is 0 Å². The minimum atomic E-state index is -0.927. The molecule has 1 saturated heterocycles. The Morgan fingerprint density at radius 2 is 2.32 bits per heavy atom. The van der Waals surface area contributed by atoms with E-state index in [0.717, 1.165) is 5.75 Å².